The summed E-state index contributed by atoms with van der Waals surface area (Å²) in [6.07, 6.45) is -1.55. The lowest BCUT2D eigenvalue weighted by Gasteiger charge is -2.29. The predicted molar refractivity (Wildman–Crippen MR) is 87.0 cm³/mol. The van der Waals surface area contributed by atoms with Crippen LogP contribution in [0.25, 0.3) is 0 Å². The summed E-state index contributed by atoms with van der Waals surface area (Å²) in [6, 6.07) is 0. The molecule has 3 unspecified atom stereocenters. The van der Waals surface area contributed by atoms with E-state index in [0.717, 1.165) is 28.9 Å². The number of fused-ring (bicyclic) bond motifs is 1. The molecule has 1 saturated heterocycles. The van der Waals surface area contributed by atoms with Gasteiger partial charge in [-0.15, -0.1) is 0 Å². The fourth-order valence-electron chi connectivity index (χ4n) is 3.90. The molecule has 6 heteroatoms. The molecular formula is C16H21BrN2O3. The third kappa shape index (κ3) is 2.15. The second kappa shape index (κ2) is 4.93. The number of anilines is 1. The van der Waals surface area contributed by atoms with E-state index in [4.69, 9.17) is 0 Å². The van der Waals surface area contributed by atoms with Gasteiger partial charge in [0.25, 0.3) is 0 Å². The predicted octanol–water partition coefficient (Wildman–Crippen LogP) is 2.67. The Hall–Kier alpha value is -1.14. The molecule has 0 spiro atoms. The van der Waals surface area contributed by atoms with Crippen LogP contribution in [-0.2, 0) is 4.79 Å². The van der Waals surface area contributed by atoms with Crippen molar-refractivity contribution in [2.75, 3.05) is 18.0 Å². The number of aliphatic hydroxyl groups excluding tert-OH is 1. The number of carboxylic acids is 1. The summed E-state index contributed by atoms with van der Waals surface area (Å²) in [7, 11) is 0. The molecular weight excluding hydrogens is 348 g/mol. The fraction of sp³-hybridized carbons (Fsp3) is 0.625. The Bertz CT molecular complexity index is 645. The van der Waals surface area contributed by atoms with E-state index in [1.54, 1.807) is 6.92 Å². The van der Waals surface area contributed by atoms with Crippen molar-refractivity contribution < 1.29 is 15.0 Å². The SMILES string of the molecule is Cc1nc(C)c(C(O)C(=O)O)c(N2CC3C(C2)C3(C)C)c1Br. The van der Waals surface area contributed by atoms with Crippen LogP contribution in [0, 0.1) is 31.1 Å². The Kier molecular flexibility index (Phi) is 3.53. The molecule has 0 amide bonds. The van der Waals surface area contributed by atoms with Gasteiger partial charge >= 0.3 is 5.97 Å². The smallest absolute Gasteiger partial charge is 0.337 e. The Balaban J connectivity index is 2.05. The summed E-state index contributed by atoms with van der Waals surface area (Å²) < 4.78 is 0.785. The highest BCUT2D eigenvalue weighted by molar-refractivity contribution is 9.10. The van der Waals surface area contributed by atoms with Crippen molar-refractivity contribution in [1.29, 1.82) is 0 Å². The monoisotopic (exact) mass is 368 g/mol. The third-order valence-electron chi connectivity index (χ3n) is 5.45. The second-order valence-corrected chi connectivity index (χ2v) is 7.83. The van der Waals surface area contributed by atoms with E-state index in [1.807, 2.05) is 6.92 Å². The van der Waals surface area contributed by atoms with Gasteiger partial charge in [-0.1, -0.05) is 13.8 Å². The number of aryl methyl sites for hydroxylation is 2. The van der Waals surface area contributed by atoms with Gasteiger partial charge < -0.3 is 15.1 Å². The van der Waals surface area contributed by atoms with Crippen LogP contribution in [0.1, 0.15) is 36.9 Å². The summed E-state index contributed by atoms with van der Waals surface area (Å²) in [4.78, 5) is 17.9. The molecule has 3 rings (SSSR count). The summed E-state index contributed by atoms with van der Waals surface area (Å²) in [5.74, 6) is 0.0394. The van der Waals surface area contributed by atoms with Gasteiger partial charge in [0, 0.05) is 24.3 Å². The third-order valence-corrected chi connectivity index (χ3v) is 6.40. The van der Waals surface area contributed by atoms with Crippen molar-refractivity contribution in [3.05, 3.63) is 21.4 Å². The van der Waals surface area contributed by atoms with E-state index in [1.165, 1.54) is 0 Å². The van der Waals surface area contributed by atoms with Crippen LogP contribution in [0.4, 0.5) is 5.69 Å². The number of carbonyl (C=O) groups is 1. The first-order chi connectivity index (χ1) is 10.2. The first kappa shape index (κ1) is 15.7. The van der Waals surface area contributed by atoms with Gasteiger partial charge in [-0.05, 0) is 47.0 Å². The molecule has 1 aromatic heterocycles. The van der Waals surface area contributed by atoms with Gasteiger partial charge in [-0.25, -0.2) is 4.79 Å². The van der Waals surface area contributed by atoms with Crippen molar-refractivity contribution in [1.82, 2.24) is 4.98 Å². The highest BCUT2D eigenvalue weighted by Crippen LogP contribution is 2.63. The van der Waals surface area contributed by atoms with Crippen molar-refractivity contribution in [2.45, 2.75) is 33.8 Å². The zero-order valence-electron chi connectivity index (χ0n) is 13.2. The van der Waals surface area contributed by atoms with Crippen molar-refractivity contribution in [2.24, 2.45) is 17.3 Å². The zero-order valence-corrected chi connectivity index (χ0v) is 14.8. The highest BCUT2D eigenvalue weighted by atomic mass is 79.9. The molecule has 5 nitrogen and oxygen atoms in total. The average molecular weight is 369 g/mol. The van der Waals surface area contributed by atoms with Crippen LogP contribution < -0.4 is 4.90 Å². The van der Waals surface area contributed by atoms with E-state index < -0.39 is 12.1 Å². The van der Waals surface area contributed by atoms with E-state index in [9.17, 15) is 15.0 Å². The Morgan fingerprint density at radius 3 is 2.36 bits per heavy atom. The molecule has 0 aromatic carbocycles. The van der Waals surface area contributed by atoms with E-state index in [0.29, 0.717) is 28.5 Å². The number of rotatable bonds is 3. The molecule has 0 bridgehead atoms. The molecule has 2 fully saturated rings. The number of halogens is 1. The van der Waals surface area contributed by atoms with Crippen LogP contribution in [0.3, 0.4) is 0 Å². The maximum absolute atomic E-state index is 11.3. The van der Waals surface area contributed by atoms with Crippen molar-refractivity contribution in [3.63, 3.8) is 0 Å². The van der Waals surface area contributed by atoms with E-state index in [2.05, 4.69) is 39.7 Å². The Morgan fingerprint density at radius 1 is 1.32 bits per heavy atom. The molecule has 0 radical (unpaired) electrons. The lowest BCUT2D eigenvalue weighted by atomic mass is 10.0. The van der Waals surface area contributed by atoms with Gasteiger partial charge in [-0.3, -0.25) is 4.98 Å². The quantitative estimate of drug-likeness (QED) is 0.857. The molecule has 2 aliphatic rings. The maximum Gasteiger partial charge on any atom is 0.337 e. The number of piperidine rings is 1. The van der Waals surface area contributed by atoms with Crippen LogP contribution in [0.5, 0.6) is 0 Å². The second-order valence-electron chi connectivity index (χ2n) is 7.04. The van der Waals surface area contributed by atoms with Gasteiger partial charge in [0.2, 0.25) is 0 Å². The lowest BCUT2D eigenvalue weighted by molar-refractivity contribution is -0.147. The molecule has 1 aliphatic heterocycles. The molecule has 1 saturated carbocycles. The summed E-state index contributed by atoms with van der Waals surface area (Å²) in [5.41, 5.74) is 2.97. The molecule has 120 valence electrons. The van der Waals surface area contributed by atoms with Gasteiger partial charge in [0.1, 0.15) is 0 Å². The topological polar surface area (TPSA) is 73.7 Å². The Morgan fingerprint density at radius 2 is 1.86 bits per heavy atom. The number of aliphatic carboxylic acids is 1. The highest BCUT2D eigenvalue weighted by Gasteiger charge is 2.62. The number of hydrogen-bond donors (Lipinski definition) is 2. The first-order valence-corrected chi connectivity index (χ1v) is 8.28. The van der Waals surface area contributed by atoms with Crippen molar-refractivity contribution >= 4 is 27.6 Å². The molecule has 1 aromatic rings. The average Bonchev–Trinajstić information content (AvgIpc) is 2.79. The van der Waals surface area contributed by atoms with Gasteiger partial charge in [0.15, 0.2) is 6.10 Å². The first-order valence-electron chi connectivity index (χ1n) is 7.48. The number of hydrogen-bond acceptors (Lipinski definition) is 4. The maximum atomic E-state index is 11.3. The largest absolute Gasteiger partial charge is 0.479 e. The standard InChI is InChI=1S/C16H21BrN2O3/c1-7-11(14(20)15(21)22)13(12(17)8(2)18-7)19-5-9-10(6-19)16(9,3)4/h9-10,14,20H,5-6H2,1-4H3,(H,21,22). The minimum absolute atomic E-state index is 0.381. The molecule has 1 aliphatic carbocycles. The molecule has 2 N–H and O–H groups in total. The zero-order chi connectivity index (χ0) is 16.4. The summed E-state index contributed by atoms with van der Waals surface area (Å²) in [5, 5.41) is 19.3. The number of carboxylic acid groups (broad SMARTS) is 1. The van der Waals surface area contributed by atoms with E-state index in [-0.39, 0.29) is 0 Å². The van der Waals surface area contributed by atoms with Crippen LogP contribution >= 0.6 is 15.9 Å². The summed E-state index contributed by atoms with van der Waals surface area (Å²) >= 11 is 3.55. The van der Waals surface area contributed by atoms with Crippen LogP contribution in [0.2, 0.25) is 0 Å². The number of nitrogens with zero attached hydrogens (tertiary/aromatic N) is 2. The lowest BCUT2D eigenvalue weighted by Crippen LogP contribution is -2.29. The normalized spacial score (nSPS) is 26.7. The number of aliphatic hydroxyl groups is 1. The van der Waals surface area contributed by atoms with Crippen molar-refractivity contribution in [3.8, 4) is 0 Å². The molecule has 3 atom stereocenters. The molecule has 2 heterocycles. The molecule has 22 heavy (non-hydrogen) atoms. The van der Waals surface area contributed by atoms with Crippen LogP contribution in [0.15, 0.2) is 4.47 Å². The van der Waals surface area contributed by atoms with Gasteiger partial charge in [-0.2, -0.15) is 0 Å². The minimum atomic E-state index is -1.55. The number of aromatic nitrogens is 1. The summed E-state index contributed by atoms with van der Waals surface area (Å²) in [6.45, 7) is 10.0. The van der Waals surface area contributed by atoms with E-state index >= 15 is 0 Å². The fourth-order valence-corrected chi connectivity index (χ4v) is 4.45. The minimum Gasteiger partial charge on any atom is -0.479 e. The van der Waals surface area contributed by atoms with Crippen LogP contribution in [-0.4, -0.2) is 34.3 Å². The Labute approximate surface area is 138 Å². The number of pyridine rings is 1. The van der Waals surface area contributed by atoms with Gasteiger partial charge in [0.05, 0.1) is 15.9 Å².